The van der Waals surface area contributed by atoms with E-state index >= 15 is 0 Å². The minimum atomic E-state index is -0.265. The topological polar surface area (TPSA) is 29.5 Å². The molecule has 3 nitrogen and oxygen atoms in total. The summed E-state index contributed by atoms with van der Waals surface area (Å²) in [5.74, 6) is 0.296. The van der Waals surface area contributed by atoms with Crippen LogP contribution in [0.5, 0.6) is 0 Å². The molecule has 154 valence electrons. The van der Waals surface area contributed by atoms with E-state index in [1.807, 2.05) is 54.6 Å². The van der Waals surface area contributed by atoms with Gasteiger partial charge in [0.05, 0.1) is 19.1 Å². The summed E-state index contributed by atoms with van der Waals surface area (Å²) in [5, 5.41) is 0. The zero-order valence-electron chi connectivity index (χ0n) is 17.5. The Hall–Kier alpha value is -2.91. The first-order valence-corrected chi connectivity index (χ1v) is 10.7. The molecule has 4 rings (SSSR count). The van der Waals surface area contributed by atoms with E-state index in [-0.39, 0.29) is 17.9 Å². The van der Waals surface area contributed by atoms with Crippen molar-refractivity contribution >= 4 is 5.91 Å². The maximum absolute atomic E-state index is 13.7. The highest BCUT2D eigenvalue weighted by Gasteiger charge is 2.36. The lowest BCUT2D eigenvalue weighted by atomic mass is 9.90. The quantitative estimate of drug-likeness (QED) is 0.541. The van der Waals surface area contributed by atoms with Gasteiger partial charge < -0.3 is 9.64 Å². The summed E-state index contributed by atoms with van der Waals surface area (Å²) in [6, 6.07) is 30.7. The van der Waals surface area contributed by atoms with E-state index in [1.54, 1.807) is 0 Å². The lowest BCUT2D eigenvalue weighted by Gasteiger charge is -2.27. The van der Waals surface area contributed by atoms with E-state index in [0.717, 1.165) is 24.1 Å². The normalized spacial score (nSPS) is 18.7. The first-order valence-electron chi connectivity index (χ1n) is 10.7. The minimum absolute atomic E-state index is 0.186. The number of rotatable bonds is 7. The summed E-state index contributed by atoms with van der Waals surface area (Å²) in [6.07, 6.45) is 0.983. The van der Waals surface area contributed by atoms with Crippen LogP contribution in [0.15, 0.2) is 91.0 Å². The Bertz CT molecular complexity index is 887. The van der Waals surface area contributed by atoms with Crippen molar-refractivity contribution < 1.29 is 9.53 Å². The van der Waals surface area contributed by atoms with Crippen molar-refractivity contribution in [3.8, 4) is 0 Å². The van der Waals surface area contributed by atoms with Crippen molar-refractivity contribution in [2.45, 2.75) is 31.9 Å². The number of amides is 1. The van der Waals surface area contributed by atoms with Crippen LogP contribution in [0.1, 0.15) is 36.0 Å². The van der Waals surface area contributed by atoms with Gasteiger partial charge in [0.2, 0.25) is 5.91 Å². The highest BCUT2D eigenvalue weighted by Crippen LogP contribution is 2.32. The molecule has 1 saturated heterocycles. The van der Waals surface area contributed by atoms with Crippen LogP contribution in [-0.2, 0) is 16.1 Å². The molecule has 0 bridgehead atoms. The molecule has 1 aliphatic rings. The molecular weight excluding hydrogens is 370 g/mol. The van der Waals surface area contributed by atoms with E-state index in [1.165, 1.54) is 5.56 Å². The van der Waals surface area contributed by atoms with Crippen LogP contribution in [0.2, 0.25) is 0 Å². The van der Waals surface area contributed by atoms with Gasteiger partial charge in [-0.05, 0) is 30.0 Å². The van der Waals surface area contributed by atoms with Crippen molar-refractivity contribution in [1.82, 2.24) is 4.90 Å². The van der Waals surface area contributed by atoms with E-state index < -0.39 is 0 Å². The van der Waals surface area contributed by atoms with Gasteiger partial charge in [0, 0.05) is 18.5 Å². The molecule has 0 aromatic heterocycles. The Morgan fingerprint density at radius 2 is 1.43 bits per heavy atom. The average Bonchev–Trinajstić information content (AvgIpc) is 3.16. The number of carbonyl (C=O) groups is 1. The van der Waals surface area contributed by atoms with Crippen molar-refractivity contribution in [3.63, 3.8) is 0 Å². The summed E-state index contributed by atoms with van der Waals surface area (Å²) in [4.78, 5) is 15.7. The molecule has 0 unspecified atom stereocenters. The Morgan fingerprint density at radius 3 is 2.00 bits per heavy atom. The third-order valence-electron chi connectivity index (χ3n) is 5.92. The van der Waals surface area contributed by atoms with Crippen LogP contribution in [-0.4, -0.2) is 30.0 Å². The second kappa shape index (κ2) is 9.73. The van der Waals surface area contributed by atoms with Crippen molar-refractivity contribution in [3.05, 3.63) is 108 Å². The van der Waals surface area contributed by atoms with Crippen molar-refractivity contribution in [2.75, 3.05) is 13.2 Å². The highest BCUT2D eigenvalue weighted by molar-refractivity contribution is 5.87. The smallest absolute Gasteiger partial charge is 0.234 e. The number of hydrogen-bond donors (Lipinski definition) is 0. The van der Waals surface area contributed by atoms with Gasteiger partial charge in [-0.2, -0.15) is 0 Å². The maximum atomic E-state index is 13.7. The zero-order valence-corrected chi connectivity index (χ0v) is 17.5. The van der Waals surface area contributed by atoms with Crippen LogP contribution < -0.4 is 0 Å². The standard InChI is InChI=1S/C27H29NO2/c1-21-17-23(20-30-19-22-11-5-2-6-12-22)18-28(21)27(29)26(24-13-7-3-8-14-24)25-15-9-4-10-16-25/h2-16,21,23,26H,17-20H2,1H3/t21-,23+/m1/s1. The molecule has 2 atom stereocenters. The fourth-order valence-corrected chi connectivity index (χ4v) is 4.42. The first kappa shape index (κ1) is 20.4. The Kier molecular flexibility index (Phi) is 6.60. The largest absolute Gasteiger partial charge is 0.376 e. The van der Waals surface area contributed by atoms with Gasteiger partial charge in [0.1, 0.15) is 0 Å². The van der Waals surface area contributed by atoms with Crippen molar-refractivity contribution in [2.24, 2.45) is 5.92 Å². The van der Waals surface area contributed by atoms with E-state index in [9.17, 15) is 4.79 Å². The Labute approximate surface area is 179 Å². The molecule has 0 saturated carbocycles. The molecular formula is C27H29NO2. The number of benzene rings is 3. The molecule has 0 N–H and O–H groups in total. The highest BCUT2D eigenvalue weighted by atomic mass is 16.5. The van der Waals surface area contributed by atoms with Gasteiger partial charge in [-0.25, -0.2) is 0 Å². The number of hydrogen-bond acceptors (Lipinski definition) is 2. The third-order valence-corrected chi connectivity index (χ3v) is 5.92. The molecule has 0 radical (unpaired) electrons. The number of ether oxygens (including phenoxy) is 1. The Morgan fingerprint density at radius 1 is 0.900 bits per heavy atom. The van der Waals surface area contributed by atoms with Gasteiger partial charge >= 0.3 is 0 Å². The third kappa shape index (κ3) is 4.80. The van der Waals surface area contributed by atoms with E-state index in [4.69, 9.17) is 4.74 Å². The van der Waals surface area contributed by atoms with E-state index in [0.29, 0.717) is 19.1 Å². The number of nitrogens with zero attached hydrogens (tertiary/aromatic N) is 1. The average molecular weight is 400 g/mol. The molecule has 1 fully saturated rings. The summed E-state index contributed by atoms with van der Waals surface area (Å²) < 4.78 is 5.97. The lowest BCUT2D eigenvalue weighted by molar-refractivity contribution is -0.132. The lowest BCUT2D eigenvalue weighted by Crippen LogP contribution is -2.38. The fraction of sp³-hybridized carbons (Fsp3) is 0.296. The summed E-state index contributed by atoms with van der Waals surface area (Å²) in [6.45, 7) is 4.22. The van der Waals surface area contributed by atoms with Crippen LogP contribution >= 0.6 is 0 Å². The van der Waals surface area contributed by atoms with E-state index in [2.05, 4.69) is 48.2 Å². The number of likely N-dealkylation sites (tertiary alicyclic amines) is 1. The van der Waals surface area contributed by atoms with Gasteiger partial charge in [0.25, 0.3) is 0 Å². The molecule has 0 spiro atoms. The van der Waals surface area contributed by atoms with Gasteiger partial charge in [0.15, 0.2) is 0 Å². The molecule has 1 amide bonds. The molecule has 1 heterocycles. The van der Waals surface area contributed by atoms with Crippen LogP contribution in [0.3, 0.4) is 0 Å². The molecule has 30 heavy (non-hydrogen) atoms. The zero-order chi connectivity index (χ0) is 20.8. The summed E-state index contributed by atoms with van der Waals surface area (Å²) in [7, 11) is 0. The fourth-order valence-electron chi connectivity index (χ4n) is 4.42. The monoisotopic (exact) mass is 399 g/mol. The second-order valence-electron chi connectivity index (χ2n) is 8.20. The Balaban J connectivity index is 1.44. The molecule has 1 aliphatic heterocycles. The van der Waals surface area contributed by atoms with Crippen LogP contribution in [0.25, 0.3) is 0 Å². The SMILES string of the molecule is C[C@@H]1C[C@H](COCc2ccccc2)CN1C(=O)C(c1ccccc1)c1ccccc1. The van der Waals surface area contributed by atoms with Gasteiger partial charge in [-0.1, -0.05) is 91.0 Å². The summed E-state index contributed by atoms with van der Waals surface area (Å²) >= 11 is 0. The van der Waals surface area contributed by atoms with Crippen LogP contribution in [0.4, 0.5) is 0 Å². The van der Waals surface area contributed by atoms with Gasteiger partial charge in [-0.3, -0.25) is 4.79 Å². The van der Waals surface area contributed by atoms with Crippen LogP contribution in [0, 0.1) is 5.92 Å². The first-order chi connectivity index (χ1) is 14.7. The van der Waals surface area contributed by atoms with Gasteiger partial charge in [-0.15, -0.1) is 0 Å². The maximum Gasteiger partial charge on any atom is 0.234 e. The number of carbonyl (C=O) groups excluding carboxylic acids is 1. The predicted molar refractivity (Wildman–Crippen MR) is 120 cm³/mol. The second-order valence-corrected chi connectivity index (χ2v) is 8.20. The molecule has 3 aromatic rings. The minimum Gasteiger partial charge on any atom is -0.376 e. The van der Waals surface area contributed by atoms with Crippen molar-refractivity contribution in [1.29, 1.82) is 0 Å². The molecule has 3 heteroatoms. The predicted octanol–water partition coefficient (Wildman–Crippen LogP) is 5.27. The molecule has 3 aromatic carbocycles. The molecule has 0 aliphatic carbocycles. The summed E-state index contributed by atoms with van der Waals surface area (Å²) in [5.41, 5.74) is 3.28.